The summed E-state index contributed by atoms with van der Waals surface area (Å²) in [6.07, 6.45) is 0. The Bertz CT molecular complexity index is 2870. The molecule has 0 aliphatic rings. The van der Waals surface area contributed by atoms with E-state index in [2.05, 4.69) is 115 Å². The minimum Gasteiger partial charge on any atom is -0.456 e. The molecule has 7 aromatic carbocycles. The fourth-order valence-corrected chi connectivity index (χ4v) is 7.27. The van der Waals surface area contributed by atoms with E-state index in [1.54, 1.807) is 0 Å². The summed E-state index contributed by atoms with van der Waals surface area (Å²) >= 11 is 0. The molecular weight excluding hydrogens is 613 g/mol. The smallest absolute Gasteiger partial charge is 0.160 e. The predicted molar refractivity (Wildman–Crippen MR) is 204 cm³/mol. The van der Waals surface area contributed by atoms with Gasteiger partial charge < -0.3 is 8.83 Å². The minimum absolute atomic E-state index is 0.656. The zero-order valence-corrected chi connectivity index (χ0v) is 26.9. The van der Waals surface area contributed by atoms with Gasteiger partial charge in [-0.2, -0.15) is 0 Å². The molecule has 0 aliphatic heterocycles. The number of fused-ring (bicyclic) bond motifs is 6. The summed E-state index contributed by atoms with van der Waals surface area (Å²) in [6, 6.07) is 58.3. The van der Waals surface area contributed by atoms with Gasteiger partial charge >= 0.3 is 0 Å². The van der Waals surface area contributed by atoms with E-state index in [0.29, 0.717) is 5.82 Å². The molecule has 0 radical (unpaired) electrons. The maximum atomic E-state index is 6.78. The summed E-state index contributed by atoms with van der Waals surface area (Å²) in [4.78, 5) is 10.4. The first-order valence-corrected chi connectivity index (χ1v) is 16.7. The normalized spacial score (nSPS) is 11.6. The van der Waals surface area contributed by atoms with E-state index in [1.165, 1.54) is 0 Å². The molecular formula is C46H28N2O2. The summed E-state index contributed by atoms with van der Waals surface area (Å²) < 4.78 is 13.1. The van der Waals surface area contributed by atoms with Crippen molar-refractivity contribution in [3.05, 3.63) is 170 Å². The predicted octanol–water partition coefficient (Wildman–Crippen LogP) is 12.6. The summed E-state index contributed by atoms with van der Waals surface area (Å²) in [6.45, 7) is 0. The van der Waals surface area contributed by atoms with Gasteiger partial charge in [0.25, 0.3) is 0 Å². The summed E-state index contributed by atoms with van der Waals surface area (Å²) in [7, 11) is 0. The van der Waals surface area contributed by atoms with Crippen molar-refractivity contribution in [1.82, 2.24) is 9.97 Å². The summed E-state index contributed by atoms with van der Waals surface area (Å²) in [5, 5.41) is 4.28. The largest absolute Gasteiger partial charge is 0.456 e. The average molecular weight is 641 g/mol. The lowest BCUT2D eigenvalue weighted by molar-refractivity contribution is 0.668. The van der Waals surface area contributed by atoms with Gasteiger partial charge in [0.1, 0.15) is 22.3 Å². The number of benzene rings is 7. The van der Waals surface area contributed by atoms with Crippen LogP contribution in [0.5, 0.6) is 0 Å². The van der Waals surface area contributed by atoms with E-state index in [0.717, 1.165) is 94.2 Å². The Morgan fingerprint density at radius 1 is 0.340 bits per heavy atom. The molecule has 0 bridgehead atoms. The fraction of sp³-hybridized carbons (Fsp3) is 0. The van der Waals surface area contributed by atoms with E-state index < -0.39 is 0 Å². The van der Waals surface area contributed by atoms with Gasteiger partial charge in [-0.3, -0.25) is 0 Å². The molecule has 0 spiro atoms. The van der Waals surface area contributed by atoms with E-state index in [9.17, 15) is 0 Å². The minimum atomic E-state index is 0.656. The van der Waals surface area contributed by atoms with Gasteiger partial charge in [-0.15, -0.1) is 0 Å². The lowest BCUT2D eigenvalue weighted by atomic mass is 9.92. The number of hydrogen-bond acceptors (Lipinski definition) is 4. The number of hydrogen-bond donors (Lipinski definition) is 0. The van der Waals surface area contributed by atoms with Crippen LogP contribution in [0.2, 0.25) is 0 Å². The van der Waals surface area contributed by atoms with Crippen molar-refractivity contribution in [2.24, 2.45) is 0 Å². The Balaban J connectivity index is 1.26. The molecule has 10 aromatic rings. The van der Waals surface area contributed by atoms with Gasteiger partial charge in [0.15, 0.2) is 5.82 Å². The van der Waals surface area contributed by atoms with Crippen LogP contribution < -0.4 is 0 Å². The van der Waals surface area contributed by atoms with E-state index in [-0.39, 0.29) is 0 Å². The molecule has 0 aliphatic carbocycles. The SMILES string of the molecule is c1ccc(-c2nc(-c3ccccc3-c3ccccc3)cc(-c3ccc(-c4cccc5oc6ccccc6c45)c4c3oc3ccccc34)n2)cc1. The van der Waals surface area contributed by atoms with Gasteiger partial charge in [0.2, 0.25) is 0 Å². The standard InChI is InChI=1S/C46H28N2O2/c1-3-14-29(15-4-1)31-18-7-8-19-32(31)38-28-39(48-46(47-38)30-16-5-2-6-17-30)35-27-26-34(44-37-21-10-12-24-41(37)50-45(35)44)33-22-13-25-42-43(33)36-20-9-11-23-40(36)49-42/h1-28H. The highest BCUT2D eigenvalue weighted by Crippen LogP contribution is 2.45. The number of para-hydroxylation sites is 2. The second kappa shape index (κ2) is 11.4. The Kier molecular flexibility index (Phi) is 6.46. The third kappa shape index (κ3) is 4.54. The Hall–Kier alpha value is -6.78. The van der Waals surface area contributed by atoms with E-state index in [4.69, 9.17) is 18.8 Å². The van der Waals surface area contributed by atoms with Crippen molar-refractivity contribution in [2.45, 2.75) is 0 Å². The molecule has 0 saturated heterocycles. The quantitative estimate of drug-likeness (QED) is 0.188. The van der Waals surface area contributed by atoms with Crippen LogP contribution in [0.15, 0.2) is 179 Å². The van der Waals surface area contributed by atoms with E-state index in [1.807, 2.05) is 54.6 Å². The van der Waals surface area contributed by atoms with Gasteiger partial charge in [-0.1, -0.05) is 140 Å². The first kappa shape index (κ1) is 28.3. The van der Waals surface area contributed by atoms with Crippen molar-refractivity contribution in [3.63, 3.8) is 0 Å². The zero-order chi connectivity index (χ0) is 33.0. The second-order valence-corrected chi connectivity index (χ2v) is 12.5. The maximum Gasteiger partial charge on any atom is 0.160 e. The Morgan fingerprint density at radius 2 is 0.860 bits per heavy atom. The van der Waals surface area contributed by atoms with Crippen LogP contribution in [-0.2, 0) is 0 Å². The Morgan fingerprint density at radius 3 is 1.62 bits per heavy atom. The highest BCUT2D eigenvalue weighted by atomic mass is 16.3. The number of aromatic nitrogens is 2. The van der Waals surface area contributed by atoms with Crippen LogP contribution in [-0.4, -0.2) is 9.97 Å². The van der Waals surface area contributed by atoms with Crippen LogP contribution in [0.3, 0.4) is 0 Å². The fourth-order valence-electron chi connectivity index (χ4n) is 7.27. The molecule has 0 atom stereocenters. The molecule has 0 fully saturated rings. The van der Waals surface area contributed by atoms with Gasteiger partial charge in [-0.25, -0.2) is 9.97 Å². The monoisotopic (exact) mass is 640 g/mol. The number of rotatable bonds is 5. The van der Waals surface area contributed by atoms with Crippen LogP contribution >= 0.6 is 0 Å². The lowest BCUT2D eigenvalue weighted by Gasteiger charge is -2.14. The first-order chi connectivity index (χ1) is 24.8. The number of nitrogens with zero attached hydrogens (tertiary/aromatic N) is 2. The van der Waals surface area contributed by atoms with Crippen molar-refractivity contribution in [3.8, 4) is 56.2 Å². The molecule has 0 saturated carbocycles. The molecule has 50 heavy (non-hydrogen) atoms. The van der Waals surface area contributed by atoms with Crippen molar-refractivity contribution >= 4 is 43.9 Å². The topological polar surface area (TPSA) is 52.1 Å². The van der Waals surface area contributed by atoms with Crippen molar-refractivity contribution in [2.75, 3.05) is 0 Å². The van der Waals surface area contributed by atoms with Crippen LogP contribution in [0.25, 0.3) is 100 Å². The lowest BCUT2D eigenvalue weighted by Crippen LogP contribution is -1.97. The van der Waals surface area contributed by atoms with Crippen LogP contribution in [0, 0.1) is 0 Å². The summed E-state index contributed by atoms with van der Waals surface area (Å²) in [5.41, 5.74) is 12.3. The molecule has 4 nitrogen and oxygen atoms in total. The van der Waals surface area contributed by atoms with Crippen molar-refractivity contribution in [1.29, 1.82) is 0 Å². The van der Waals surface area contributed by atoms with Crippen LogP contribution in [0.4, 0.5) is 0 Å². The summed E-state index contributed by atoms with van der Waals surface area (Å²) in [5.74, 6) is 0.656. The highest BCUT2D eigenvalue weighted by Gasteiger charge is 2.22. The molecule has 234 valence electrons. The highest BCUT2D eigenvalue weighted by molar-refractivity contribution is 6.21. The van der Waals surface area contributed by atoms with Gasteiger partial charge in [0.05, 0.1) is 11.4 Å². The Labute approximate surface area is 287 Å². The first-order valence-electron chi connectivity index (χ1n) is 16.7. The molecule has 3 aromatic heterocycles. The molecule has 0 amide bonds. The van der Waals surface area contributed by atoms with Crippen molar-refractivity contribution < 1.29 is 8.83 Å². The number of furan rings is 2. The van der Waals surface area contributed by atoms with Gasteiger partial charge in [0, 0.05) is 38.2 Å². The molecule has 3 heterocycles. The second-order valence-electron chi connectivity index (χ2n) is 12.5. The third-order valence-corrected chi connectivity index (χ3v) is 9.54. The molecule has 0 N–H and O–H groups in total. The average Bonchev–Trinajstić information content (AvgIpc) is 3.77. The van der Waals surface area contributed by atoms with Gasteiger partial charge in [-0.05, 0) is 52.6 Å². The third-order valence-electron chi connectivity index (χ3n) is 9.54. The molecule has 0 unspecified atom stereocenters. The molecule has 10 rings (SSSR count). The molecule has 4 heteroatoms. The van der Waals surface area contributed by atoms with Crippen LogP contribution in [0.1, 0.15) is 0 Å². The maximum absolute atomic E-state index is 6.78. The zero-order valence-electron chi connectivity index (χ0n) is 26.9. The van der Waals surface area contributed by atoms with E-state index >= 15 is 0 Å².